The van der Waals surface area contributed by atoms with Crippen LogP contribution in [-0.2, 0) is 4.79 Å². The van der Waals surface area contributed by atoms with Crippen molar-refractivity contribution in [2.24, 2.45) is 0 Å². The summed E-state index contributed by atoms with van der Waals surface area (Å²) in [4.78, 5) is 13.1. The van der Waals surface area contributed by atoms with E-state index in [1.54, 1.807) is 6.92 Å². The third kappa shape index (κ3) is 3.35. The molecule has 1 rings (SSSR count). The highest BCUT2D eigenvalue weighted by Crippen LogP contribution is 2.18. The Hall–Kier alpha value is -0.570. The molecule has 1 N–H and O–H groups in total. The van der Waals surface area contributed by atoms with E-state index < -0.39 is 0 Å². The fraction of sp³-hybridized carbons (Fsp3) is 0.900. The topological polar surface area (TPSA) is 32.3 Å². The second kappa shape index (κ2) is 5.22. The van der Waals surface area contributed by atoms with E-state index in [0.717, 1.165) is 19.5 Å². The van der Waals surface area contributed by atoms with Crippen LogP contribution >= 0.6 is 0 Å². The van der Waals surface area contributed by atoms with Gasteiger partial charge in [-0.3, -0.25) is 4.79 Å². The molecule has 1 fully saturated rings. The van der Waals surface area contributed by atoms with Crippen LogP contribution in [0.25, 0.3) is 0 Å². The largest absolute Gasteiger partial charge is 0.356 e. The molecule has 1 amide bonds. The molecule has 3 nitrogen and oxygen atoms in total. The van der Waals surface area contributed by atoms with Crippen molar-refractivity contribution in [2.75, 3.05) is 19.6 Å². The summed E-state index contributed by atoms with van der Waals surface area (Å²) in [6.07, 6.45) is 3.72. The SMILES string of the molecule is CCN1CCCC1CCNC(C)=O. The van der Waals surface area contributed by atoms with Gasteiger partial charge in [-0.05, 0) is 32.4 Å². The van der Waals surface area contributed by atoms with Gasteiger partial charge in [0.1, 0.15) is 0 Å². The van der Waals surface area contributed by atoms with Crippen LogP contribution < -0.4 is 5.32 Å². The molecular formula is C10H20N2O. The van der Waals surface area contributed by atoms with Crippen molar-refractivity contribution in [1.82, 2.24) is 10.2 Å². The summed E-state index contributed by atoms with van der Waals surface area (Å²) in [5, 5.41) is 2.85. The maximum Gasteiger partial charge on any atom is 0.216 e. The number of nitrogens with zero attached hydrogens (tertiary/aromatic N) is 1. The monoisotopic (exact) mass is 184 g/mol. The van der Waals surface area contributed by atoms with Gasteiger partial charge in [-0.25, -0.2) is 0 Å². The fourth-order valence-electron chi connectivity index (χ4n) is 2.05. The van der Waals surface area contributed by atoms with Crippen LogP contribution in [0, 0.1) is 0 Å². The van der Waals surface area contributed by atoms with Gasteiger partial charge in [0.05, 0.1) is 0 Å². The first-order valence-electron chi connectivity index (χ1n) is 5.22. The first-order chi connectivity index (χ1) is 6.24. The Bertz CT molecular complexity index is 170. The highest BCUT2D eigenvalue weighted by molar-refractivity contribution is 5.72. The van der Waals surface area contributed by atoms with E-state index >= 15 is 0 Å². The summed E-state index contributed by atoms with van der Waals surface area (Å²) in [5.41, 5.74) is 0. The molecule has 13 heavy (non-hydrogen) atoms. The summed E-state index contributed by atoms with van der Waals surface area (Å²) < 4.78 is 0. The lowest BCUT2D eigenvalue weighted by Crippen LogP contribution is -2.33. The van der Waals surface area contributed by atoms with Gasteiger partial charge >= 0.3 is 0 Å². The van der Waals surface area contributed by atoms with Crippen LogP contribution in [0.5, 0.6) is 0 Å². The van der Waals surface area contributed by atoms with Crippen molar-refractivity contribution < 1.29 is 4.79 Å². The molecule has 0 aromatic heterocycles. The van der Waals surface area contributed by atoms with E-state index in [9.17, 15) is 4.79 Å². The van der Waals surface area contributed by atoms with Crippen molar-refractivity contribution in [3.63, 3.8) is 0 Å². The molecule has 1 atom stereocenters. The van der Waals surface area contributed by atoms with Crippen LogP contribution in [0.4, 0.5) is 0 Å². The van der Waals surface area contributed by atoms with Crippen LogP contribution in [0.1, 0.15) is 33.1 Å². The molecular weight excluding hydrogens is 164 g/mol. The number of likely N-dealkylation sites (tertiary alicyclic amines) is 1. The Balaban J connectivity index is 2.16. The zero-order chi connectivity index (χ0) is 9.68. The third-order valence-electron chi connectivity index (χ3n) is 2.76. The number of amides is 1. The quantitative estimate of drug-likeness (QED) is 0.707. The summed E-state index contributed by atoms with van der Waals surface area (Å²) >= 11 is 0. The van der Waals surface area contributed by atoms with Crippen molar-refractivity contribution in [1.29, 1.82) is 0 Å². The van der Waals surface area contributed by atoms with Gasteiger partial charge < -0.3 is 10.2 Å². The van der Waals surface area contributed by atoms with Gasteiger partial charge in [0.2, 0.25) is 5.91 Å². The number of carbonyl (C=O) groups excluding carboxylic acids is 1. The predicted molar refractivity (Wildman–Crippen MR) is 53.6 cm³/mol. The normalized spacial score (nSPS) is 23.4. The smallest absolute Gasteiger partial charge is 0.216 e. The second-order valence-corrected chi connectivity index (χ2v) is 3.70. The number of rotatable bonds is 4. The maximum atomic E-state index is 10.6. The first kappa shape index (κ1) is 10.5. The average Bonchev–Trinajstić information content (AvgIpc) is 2.51. The Morgan fingerprint density at radius 3 is 3.00 bits per heavy atom. The van der Waals surface area contributed by atoms with E-state index in [4.69, 9.17) is 0 Å². The molecule has 0 aliphatic carbocycles. The van der Waals surface area contributed by atoms with Gasteiger partial charge in [-0.2, -0.15) is 0 Å². The zero-order valence-electron chi connectivity index (χ0n) is 8.68. The molecule has 0 spiro atoms. The van der Waals surface area contributed by atoms with Crippen molar-refractivity contribution in [3.8, 4) is 0 Å². The van der Waals surface area contributed by atoms with Gasteiger partial charge in [0.25, 0.3) is 0 Å². The summed E-state index contributed by atoms with van der Waals surface area (Å²) in [6.45, 7) is 6.99. The lowest BCUT2D eigenvalue weighted by atomic mass is 10.1. The van der Waals surface area contributed by atoms with Crippen LogP contribution in [0.3, 0.4) is 0 Å². The average molecular weight is 184 g/mol. The molecule has 3 heteroatoms. The molecule has 0 bridgehead atoms. The molecule has 1 heterocycles. The number of carbonyl (C=O) groups is 1. The Morgan fingerprint density at radius 1 is 1.62 bits per heavy atom. The van der Waals surface area contributed by atoms with Crippen LogP contribution in [0.2, 0.25) is 0 Å². The van der Waals surface area contributed by atoms with Gasteiger partial charge in [0, 0.05) is 19.5 Å². The highest BCUT2D eigenvalue weighted by Gasteiger charge is 2.21. The Morgan fingerprint density at radius 2 is 2.38 bits per heavy atom. The molecule has 1 aliphatic rings. The van der Waals surface area contributed by atoms with E-state index in [-0.39, 0.29) is 5.91 Å². The fourth-order valence-corrected chi connectivity index (χ4v) is 2.05. The molecule has 0 aromatic rings. The third-order valence-corrected chi connectivity index (χ3v) is 2.76. The minimum Gasteiger partial charge on any atom is -0.356 e. The molecule has 1 unspecified atom stereocenters. The zero-order valence-corrected chi connectivity index (χ0v) is 8.68. The molecule has 76 valence electrons. The van der Waals surface area contributed by atoms with E-state index in [2.05, 4.69) is 17.1 Å². The molecule has 1 aliphatic heterocycles. The standard InChI is InChI=1S/C10H20N2O/c1-3-12-8-4-5-10(12)6-7-11-9(2)13/h10H,3-8H2,1-2H3,(H,11,13). The van der Waals surface area contributed by atoms with Crippen molar-refractivity contribution in [2.45, 2.75) is 39.2 Å². The summed E-state index contributed by atoms with van der Waals surface area (Å²) in [6, 6.07) is 0.705. The van der Waals surface area contributed by atoms with Gasteiger partial charge in [-0.1, -0.05) is 6.92 Å². The van der Waals surface area contributed by atoms with E-state index in [1.807, 2.05) is 0 Å². The number of nitrogens with one attached hydrogen (secondary N) is 1. The molecule has 0 radical (unpaired) electrons. The van der Waals surface area contributed by atoms with Gasteiger partial charge in [-0.15, -0.1) is 0 Å². The van der Waals surface area contributed by atoms with Crippen molar-refractivity contribution in [3.05, 3.63) is 0 Å². The van der Waals surface area contributed by atoms with E-state index in [0.29, 0.717) is 6.04 Å². The number of hydrogen-bond acceptors (Lipinski definition) is 2. The Labute approximate surface area is 80.5 Å². The lowest BCUT2D eigenvalue weighted by Gasteiger charge is -2.22. The second-order valence-electron chi connectivity index (χ2n) is 3.70. The molecule has 0 saturated carbocycles. The van der Waals surface area contributed by atoms with Crippen LogP contribution in [0.15, 0.2) is 0 Å². The minimum atomic E-state index is 0.0843. The maximum absolute atomic E-state index is 10.6. The van der Waals surface area contributed by atoms with E-state index in [1.165, 1.54) is 19.4 Å². The summed E-state index contributed by atoms with van der Waals surface area (Å²) in [5.74, 6) is 0.0843. The van der Waals surface area contributed by atoms with Crippen molar-refractivity contribution >= 4 is 5.91 Å². The summed E-state index contributed by atoms with van der Waals surface area (Å²) in [7, 11) is 0. The lowest BCUT2D eigenvalue weighted by molar-refractivity contribution is -0.119. The predicted octanol–water partition coefficient (Wildman–Crippen LogP) is 0.997. The Kier molecular flexibility index (Phi) is 4.22. The number of hydrogen-bond donors (Lipinski definition) is 1. The van der Waals surface area contributed by atoms with Crippen LogP contribution in [-0.4, -0.2) is 36.5 Å². The molecule has 0 aromatic carbocycles. The minimum absolute atomic E-state index is 0.0843. The highest BCUT2D eigenvalue weighted by atomic mass is 16.1. The first-order valence-corrected chi connectivity index (χ1v) is 5.22. The molecule has 1 saturated heterocycles. The van der Waals surface area contributed by atoms with Gasteiger partial charge in [0.15, 0.2) is 0 Å².